The van der Waals surface area contributed by atoms with E-state index in [-0.39, 0.29) is 34.4 Å². The van der Waals surface area contributed by atoms with Crippen LogP contribution < -0.4 is 15.4 Å². The van der Waals surface area contributed by atoms with Crippen LogP contribution in [0.15, 0.2) is 36.5 Å². The fourth-order valence-corrected chi connectivity index (χ4v) is 3.75. The average molecular weight is 534 g/mol. The fraction of sp³-hybridized carbons (Fsp3) is 0.433. The fourth-order valence-electron chi connectivity index (χ4n) is 3.75. The Labute approximate surface area is 230 Å². The molecule has 0 aliphatic rings. The first-order valence-corrected chi connectivity index (χ1v) is 13.0. The number of carbonyl (C=O) groups is 3. The maximum Gasteiger partial charge on any atom is 0.273 e. The molecule has 9 nitrogen and oxygen atoms in total. The van der Waals surface area contributed by atoms with Gasteiger partial charge in [0.2, 0.25) is 0 Å². The van der Waals surface area contributed by atoms with Crippen molar-refractivity contribution in [2.45, 2.75) is 73.8 Å². The summed E-state index contributed by atoms with van der Waals surface area (Å²) in [6, 6.07) is 8.84. The van der Waals surface area contributed by atoms with E-state index in [1.54, 1.807) is 30.5 Å². The van der Waals surface area contributed by atoms with Crippen LogP contribution in [0.1, 0.15) is 97.7 Å². The van der Waals surface area contributed by atoms with Crippen molar-refractivity contribution >= 4 is 23.8 Å². The van der Waals surface area contributed by atoms with E-state index in [0.717, 1.165) is 17.4 Å². The van der Waals surface area contributed by atoms with E-state index < -0.39 is 0 Å². The van der Waals surface area contributed by atoms with Crippen LogP contribution in [0.4, 0.5) is 5.69 Å². The Bertz CT molecular complexity index is 1380. The lowest BCUT2D eigenvalue weighted by Crippen LogP contribution is -2.32. The molecule has 0 radical (unpaired) electrons. The second-order valence-electron chi connectivity index (χ2n) is 12.2. The van der Waals surface area contributed by atoms with Crippen molar-refractivity contribution in [1.29, 1.82) is 0 Å². The normalized spacial score (nSPS) is 11.8. The van der Waals surface area contributed by atoms with Gasteiger partial charge < -0.3 is 15.4 Å². The first-order valence-electron chi connectivity index (χ1n) is 13.0. The van der Waals surface area contributed by atoms with Crippen LogP contribution >= 0.6 is 0 Å². The molecule has 0 aliphatic carbocycles. The molecule has 2 N–H and O–H groups in total. The van der Waals surface area contributed by atoms with Crippen molar-refractivity contribution in [2.24, 2.45) is 5.41 Å². The van der Waals surface area contributed by atoms with E-state index in [2.05, 4.69) is 20.9 Å². The zero-order valence-electron chi connectivity index (χ0n) is 24.3. The number of benzene rings is 2. The van der Waals surface area contributed by atoms with Crippen LogP contribution in [0, 0.1) is 12.3 Å². The van der Waals surface area contributed by atoms with Crippen molar-refractivity contribution in [2.75, 3.05) is 11.9 Å². The maximum atomic E-state index is 13.4. The number of amides is 2. The molecule has 0 atom stereocenters. The highest BCUT2D eigenvalue weighted by Gasteiger charge is 2.23. The Balaban J connectivity index is 1.94. The topological polar surface area (TPSA) is 115 Å². The monoisotopic (exact) mass is 533 g/mol. The average Bonchev–Trinajstić information content (AvgIpc) is 3.32. The number of nitrogens with one attached hydrogen (secondary N) is 2. The van der Waals surface area contributed by atoms with Gasteiger partial charge in [0.1, 0.15) is 0 Å². The largest absolute Gasteiger partial charge is 0.488 e. The number of rotatable bonds is 8. The minimum absolute atomic E-state index is 0.0666. The quantitative estimate of drug-likeness (QED) is 0.370. The Morgan fingerprint density at radius 3 is 2.33 bits per heavy atom. The number of aryl methyl sites for hydroxylation is 1. The van der Waals surface area contributed by atoms with E-state index >= 15 is 0 Å². The number of carbonyl (C=O) groups excluding carboxylic acids is 3. The molecule has 39 heavy (non-hydrogen) atoms. The molecule has 2 aromatic carbocycles. The van der Waals surface area contributed by atoms with E-state index in [1.165, 1.54) is 4.68 Å². The maximum absolute atomic E-state index is 13.4. The van der Waals surface area contributed by atoms with Gasteiger partial charge in [-0.2, -0.15) is 0 Å². The summed E-state index contributed by atoms with van der Waals surface area (Å²) in [5.41, 5.74) is 3.37. The molecular formula is C30H39N5O4. The third-order valence-electron chi connectivity index (χ3n) is 5.94. The van der Waals surface area contributed by atoms with Crippen LogP contribution in [0.5, 0.6) is 5.75 Å². The molecule has 9 heteroatoms. The summed E-state index contributed by atoms with van der Waals surface area (Å²) in [6.45, 7) is 18.3. The number of ether oxygens (including phenoxy) is 1. The zero-order valence-corrected chi connectivity index (χ0v) is 24.3. The van der Waals surface area contributed by atoms with Crippen molar-refractivity contribution < 1.29 is 19.1 Å². The number of aromatic nitrogens is 3. The Morgan fingerprint density at radius 1 is 1.05 bits per heavy atom. The smallest absolute Gasteiger partial charge is 0.273 e. The molecule has 3 aromatic rings. The SMILES string of the molecule is Cc1ccc(C(=O)Nc2cc(C(C)(C)C)cc(C=O)c2OC(C)C)cc1-n1cc(C(=O)NCC(C)(C)C)nn1. The summed E-state index contributed by atoms with van der Waals surface area (Å²) in [5.74, 6) is -0.364. The van der Waals surface area contributed by atoms with E-state index in [4.69, 9.17) is 4.74 Å². The second-order valence-corrected chi connectivity index (χ2v) is 12.2. The summed E-state index contributed by atoms with van der Waals surface area (Å²) >= 11 is 0. The Hall–Kier alpha value is -4.01. The highest BCUT2D eigenvalue weighted by molar-refractivity contribution is 6.06. The molecule has 0 spiro atoms. The standard InChI is InChI=1S/C30H39N5O4/c1-18(2)39-26-21(16-36)12-22(30(7,8)9)14-23(26)32-27(37)20-11-10-19(3)25(13-20)35-15-24(33-34-35)28(38)31-17-29(4,5)6/h10-16,18H,17H2,1-9H3,(H,31,38)(H,32,37). The van der Waals surface area contributed by atoms with Crippen LogP contribution in [0.25, 0.3) is 5.69 Å². The summed E-state index contributed by atoms with van der Waals surface area (Å²) < 4.78 is 7.43. The number of anilines is 1. The van der Waals surface area contributed by atoms with Crippen LogP contribution in [-0.2, 0) is 5.41 Å². The van der Waals surface area contributed by atoms with Crippen LogP contribution in [-0.4, -0.2) is 45.7 Å². The summed E-state index contributed by atoms with van der Waals surface area (Å²) in [4.78, 5) is 37.9. The highest BCUT2D eigenvalue weighted by atomic mass is 16.5. The Morgan fingerprint density at radius 2 is 1.74 bits per heavy atom. The first-order chi connectivity index (χ1) is 18.1. The van der Waals surface area contributed by atoms with Gasteiger partial charge in [-0.3, -0.25) is 14.4 Å². The van der Waals surface area contributed by atoms with Gasteiger partial charge in [0, 0.05) is 12.1 Å². The van der Waals surface area contributed by atoms with Gasteiger partial charge in [-0.05, 0) is 67.0 Å². The molecule has 0 fully saturated rings. The Kier molecular flexibility index (Phi) is 8.63. The zero-order chi connectivity index (χ0) is 29.1. The number of aldehydes is 1. The molecule has 0 aliphatic heterocycles. The molecule has 208 valence electrons. The van der Waals surface area contributed by atoms with Gasteiger partial charge in [0.15, 0.2) is 17.7 Å². The highest BCUT2D eigenvalue weighted by Crippen LogP contribution is 2.36. The third kappa shape index (κ3) is 7.52. The van der Waals surface area contributed by atoms with Gasteiger partial charge in [-0.1, -0.05) is 52.8 Å². The molecule has 0 saturated heterocycles. The number of hydrogen-bond donors (Lipinski definition) is 2. The van der Waals surface area contributed by atoms with Gasteiger partial charge in [0.05, 0.1) is 29.2 Å². The number of nitrogens with zero attached hydrogens (tertiary/aromatic N) is 3. The van der Waals surface area contributed by atoms with Crippen molar-refractivity contribution in [1.82, 2.24) is 20.3 Å². The van der Waals surface area contributed by atoms with E-state index in [9.17, 15) is 14.4 Å². The van der Waals surface area contributed by atoms with Gasteiger partial charge in [-0.15, -0.1) is 5.10 Å². The number of hydrogen-bond acceptors (Lipinski definition) is 6. The molecule has 0 bridgehead atoms. The molecule has 2 amide bonds. The van der Waals surface area contributed by atoms with E-state index in [0.29, 0.717) is 34.8 Å². The molecule has 0 saturated carbocycles. The molecule has 0 unspecified atom stereocenters. The van der Waals surface area contributed by atoms with Crippen LogP contribution in [0.2, 0.25) is 0 Å². The summed E-state index contributed by atoms with van der Waals surface area (Å²) in [6.07, 6.45) is 2.08. The molecule has 3 rings (SSSR count). The third-order valence-corrected chi connectivity index (χ3v) is 5.94. The predicted octanol–water partition coefficient (Wildman–Crippen LogP) is 5.50. The van der Waals surface area contributed by atoms with Gasteiger partial charge in [-0.25, -0.2) is 4.68 Å². The van der Waals surface area contributed by atoms with Crippen molar-refractivity contribution in [3.8, 4) is 11.4 Å². The molecular weight excluding hydrogens is 494 g/mol. The lowest BCUT2D eigenvalue weighted by Gasteiger charge is -2.24. The minimum Gasteiger partial charge on any atom is -0.488 e. The lowest BCUT2D eigenvalue weighted by atomic mass is 9.85. The first kappa shape index (κ1) is 29.5. The second kappa shape index (κ2) is 11.4. The van der Waals surface area contributed by atoms with Crippen molar-refractivity contribution in [3.63, 3.8) is 0 Å². The predicted molar refractivity (Wildman–Crippen MR) is 152 cm³/mol. The van der Waals surface area contributed by atoms with Crippen molar-refractivity contribution in [3.05, 3.63) is 64.5 Å². The molecule has 1 aromatic heterocycles. The van der Waals surface area contributed by atoms with Crippen LogP contribution in [0.3, 0.4) is 0 Å². The summed E-state index contributed by atoms with van der Waals surface area (Å²) in [5, 5.41) is 13.9. The minimum atomic E-state index is -0.379. The van der Waals surface area contributed by atoms with Gasteiger partial charge in [0.25, 0.3) is 11.8 Å². The lowest BCUT2D eigenvalue weighted by molar-refractivity contribution is 0.0933. The molecule has 1 heterocycles. The van der Waals surface area contributed by atoms with Gasteiger partial charge >= 0.3 is 0 Å². The van der Waals surface area contributed by atoms with E-state index in [1.807, 2.05) is 68.4 Å². The summed E-state index contributed by atoms with van der Waals surface area (Å²) in [7, 11) is 0.